The molecule has 1 unspecified atom stereocenters. The maximum absolute atomic E-state index is 13.4. The first kappa shape index (κ1) is 11.4. The molecular weight excluding hydrogens is 198 g/mol. The fraction of sp³-hybridized carbons (Fsp3) is 0.364. The number of hydrogen-bond acceptors (Lipinski definition) is 2. The molecule has 0 radical (unpaired) electrons. The molecule has 2 nitrogen and oxygen atoms in total. The molecule has 0 aliphatic heterocycles. The van der Waals surface area contributed by atoms with Crippen molar-refractivity contribution in [3.63, 3.8) is 0 Å². The van der Waals surface area contributed by atoms with Crippen LogP contribution < -0.4 is 5.32 Å². The standard InChI is InChI=1S/C11H12F2N2/c1-7(5-14)6-15-11-9(12)4-3-8(2)10(11)13/h3-4,7,15H,6H2,1-2H3. The van der Waals surface area contributed by atoms with Crippen LogP contribution in [0.5, 0.6) is 0 Å². The Morgan fingerprint density at radius 2 is 2.13 bits per heavy atom. The average molecular weight is 210 g/mol. The van der Waals surface area contributed by atoms with Crippen molar-refractivity contribution in [1.29, 1.82) is 5.26 Å². The minimum Gasteiger partial charge on any atom is -0.379 e. The highest BCUT2D eigenvalue weighted by Crippen LogP contribution is 2.21. The summed E-state index contributed by atoms with van der Waals surface area (Å²) < 4.78 is 26.6. The van der Waals surface area contributed by atoms with Crippen LogP contribution in [0.15, 0.2) is 12.1 Å². The molecule has 0 amide bonds. The molecule has 0 saturated carbocycles. The van der Waals surface area contributed by atoms with Gasteiger partial charge in [-0.25, -0.2) is 8.78 Å². The normalized spacial score (nSPS) is 11.9. The Morgan fingerprint density at radius 1 is 1.47 bits per heavy atom. The lowest BCUT2D eigenvalue weighted by molar-refractivity contribution is 0.580. The van der Waals surface area contributed by atoms with Crippen LogP contribution in [0, 0.1) is 35.8 Å². The first-order chi connectivity index (χ1) is 7.06. The number of hydrogen-bond donors (Lipinski definition) is 1. The third kappa shape index (κ3) is 2.66. The van der Waals surface area contributed by atoms with Gasteiger partial charge in [-0.05, 0) is 25.5 Å². The van der Waals surface area contributed by atoms with E-state index in [2.05, 4.69) is 5.32 Å². The zero-order chi connectivity index (χ0) is 11.4. The molecule has 1 aromatic rings. The van der Waals surface area contributed by atoms with E-state index in [4.69, 9.17) is 5.26 Å². The molecule has 0 heterocycles. The quantitative estimate of drug-likeness (QED) is 0.832. The largest absolute Gasteiger partial charge is 0.379 e. The van der Waals surface area contributed by atoms with Crippen molar-refractivity contribution in [1.82, 2.24) is 0 Å². The number of halogens is 2. The summed E-state index contributed by atoms with van der Waals surface area (Å²) >= 11 is 0. The van der Waals surface area contributed by atoms with Gasteiger partial charge in [0.15, 0.2) is 5.82 Å². The lowest BCUT2D eigenvalue weighted by Gasteiger charge is -2.10. The molecule has 0 fully saturated rings. The van der Waals surface area contributed by atoms with Gasteiger partial charge >= 0.3 is 0 Å². The number of rotatable bonds is 3. The predicted octanol–water partition coefficient (Wildman–Crippen LogP) is 2.84. The fourth-order valence-corrected chi connectivity index (χ4v) is 1.12. The molecule has 1 aromatic carbocycles. The third-order valence-corrected chi connectivity index (χ3v) is 2.09. The van der Waals surface area contributed by atoms with Gasteiger partial charge in [0.05, 0.1) is 12.0 Å². The van der Waals surface area contributed by atoms with Gasteiger partial charge in [-0.3, -0.25) is 0 Å². The zero-order valence-electron chi connectivity index (χ0n) is 8.64. The Balaban J connectivity index is 2.86. The fourth-order valence-electron chi connectivity index (χ4n) is 1.12. The van der Waals surface area contributed by atoms with E-state index < -0.39 is 11.6 Å². The SMILES string of the molecule is Cc1ccc(F)c(NCC(C)C#N)c1F. The van der Waals surface area contributed by atoms with Crippen molar-refractivity contribution in [2.45, 2.75) is 13.8 Å². The van der Waals surface area contributed by atoms with Crippen molar-refractivity contribution in [2.24, 2.45) is 5.92 Å². The van der Waals surface area contributed by atoms with E-state index in [9.17, 15) is 8.78 Å². The molecule has 4 heteroatoms. The molecule has 0 aromatic heterocycles. The molecule has 80 valence electrons. The summed E-state index contributed by atoms with van der Waals surface area (Å²) in [5.41, 5.74) is 0.223. The Morgan fingerprint density at radius 3 is 2.73 bits per heavy atom. The van der Waals surface area contributed by atoms with E-state index in [0.717, 1.165) is 0 Å². The maximum atomic E-state index is 13.4. The molecule has 1 N–H and O–H groups in total. The van der Waals surface area contributed by atoms with Crippen LogP contribution in [0.2, 0.25) is 0 Å². The van der Waals surface area contributed by atoms with Crippen LogP contribution in [-0.4, -0.2) is 6.54 Å². The van der Waals surface area contributed by atoms with Gasteiger partial charge < -0.3 is 5.32 Å². The van der Waals surface area contributed by atoms with Crippen LogP contribution in [0.4, 0.5) is 14.5 Å². The molecule has 1 atom stereocenters. The summed E-state index contributed by atoms with van der Waals surface area (Å²) in [7, 11) is 0. The zero-order valence-corrected chi connectivity index (χ0v) is 8.64. The minimum atomic E-state index is -0.636. The first-order valence-electron chi connectivity index (χ1n) is 4.64. The smallest absolute Gasteiger partial charge is 0.152 e. The lowest BCUT2D eigenvalue weighted by atomic mass is 10.1. The lowest BCUT2D eigenvalue weighted by Crippen LogP contribution is -2.12. The van der Waals surface area contributed by atoms with Gasteiger partial charge in [-0.2, -0.15) is 5.26 Å². The van der Waals surface area contributed by atoms with E-state index in [1.54, 1.807) is 13.8 Å². The Labute approximate surface area is 87.5 Å². The summed E-state index contributed by atoms with van der Waals surface area (Å²) in [4.78, 5) is 0. The molecule has 0 saturated heterocycles. The molecule has 0 aliphatic carbocycles. The van der Waals surface area contributed by atoms with Gasteiger partial charge in [-0.15, -0.1) is 0 Å². The molecule has 0 spiro atoms. The number of nitrogens with zero attached hydrogens (tertiary/aromatic N) is 1. The highest BCUT2D eigenvalue weighted by molar-refractivity contribution is 5.49. The van der Waals surface area contributed by atoms with Crippen molar-refractivity contribution < 1.29 is 8.78 Å². The second-order valence-electron chi connectivity index (χ2n) is 3.46. The van der Waals surface area contributed by atoms with E-state index in [1.165, 1.54) is 12.1 Å². The summed E-state index contributed by atoms with van der Waals surface area (Å²) in [5, 5.41) is 11.1. The van der Waals surface area contributed by atoms with Crippen LogP contribution >= 0.6 is 0 Å². The molecule has 0 aliphatic rings. The number of nitrogens with one attached hydrogen (secondary N) is 1. The van der Waals surface area contributed by atoms with Crippen molar-refractivity contribution in [2.75, 3.05) is 11.9 Å². The van der Waals surface area contributed by atoms with Crippen LogP contribution in [0.1, 0.15) is 12.5 Å². The second-order valence-corrected chi connectivity index (χ2v) is 3.46. The van der Waals surface area contributed by atoms with Crippen LogP contribution in [-0.2, 0) is 0 Å². The Bertz CT molecular complexity index is 396. The highest BCUT2D eigenvalue weighted by atomic mass is 19.1. The van der Waals surface area contributed by atoms with Gasteiger partial charge in [0.1, 0.15) is 11.5 Å². The summed E-state index contributed by atoms with van der Waals surface area (Å²) in [5.74, 6) is -1.52. The van der Waals surface area contributed by atoms with Gasteiger partial charge in [0, 0.05) is 6.54 Å². The topological polar surface area (TPSA) is 35.8 Å². The van der Waals surface area contributed by atoms with Gasteiger partial charge in [0.2, 0.25) is 0 Å². The monoisotopic (exact) mass is 210 g/mol. The molecule has 15 heavy (non-hydrogen) atoms. The summed E-state index contributed by atoms with van der Waals surface area (Å²) in [6.45, 7) is 3.47. The highest BCUT2D eigenvalue weighted by Gasteiger charge is 2.11. The van der Waals surface area contributed by atoms with E-state index in [1.807, 2.05) is 6.07 Å². The van der Waals surface area contributed by atoms with Crippen molar-refractivity contribution in [3.8, 4) is 6.07 Å². The van der Waals surface area contributed by atoms with Crippen molar-refractivity contribution >= 4 is 5.69 Å². The predicted molar refractivity (Wildman–Crippen MR) is 54.4 cm³/mol. The number of anilines is 1. The summed E-state index contributed by atoms with van der Waals surface area (Å²) in [6, 6.07) is 4.57. The number of nitriles is 1. The Hall–Kier alpha value is -1.63. The number of benzene rings is 1. The maximum Gasteiger partial charge on any atom is 0.152 e. The number of aryl methyl sites for hydroxylation is 1. The Kier molecular flexibility index (Phi) is 3.62. The minimum absolute atomic E-state index is 0.155. The molecule has 0 bridgehead atoms. The first-order valence-corrected chi connectivity index (χ1v) is 4.64. The van der Waals surface area contributed by atoms with Crippen LogP contribution in [0.3, 0.4) is 0 Å². The van der Waals surface area contributed by atoms with Crippen LogP contribution in [0.25, 0.3) is 0 Å². The average Bonchev–Trinajstić information content (AvgIpc) is 2.23. The van der Waals surface area contributed by atoms with E-state index in [0.29, 0.717) is 5.56 Å². The third-order valence-electron chi connectivity index (χ3n) is 2.09. The molecule has 1 rings (SSSR count). The van der Waals surface area contributed by atoms with Crippen molar-refractivity contribution in [3.05, 3.63) is 29.3 Å². The van der Waals surface area contributed by atoms with Gasteiger partial charge in [0.25, 0.3) is 0 Å². The van der Waals surface area contributed by atoms with Gasteiger partial charge in [-0.1, -0.05) is 6.07 Å². The van der Waals surface area contributed by atoms with E-state index >= 15 is 0 Å². The van der Waals surface area contributed by atoms with E-state index in [-0.39, 0.29) is 18.2 Å². The molecular formula is C11H12F2N2. The summed E-state index contributed by atoms with van der Waals surface area (Å²) in [6.07, 6.45) is 0. The second kappa shape index (κ2) is 4.74.